The number of hydrogen-bond donors (Lipinski definition) is 2. The fourth-order valence-electron chi connectivity index (χ4n) is 1.85. The molecule has 7 heteroatoms. The lowest BCUT2D eigenvalue weighted by Gasteiger charge is -2.10. The van der Waals surface area contributed by atoms with Crippen molar-refractivity contribution in [1.29, 1.82) is 0 Å². The fraction of sp³-hybridized carbons (Fsp3) is 0.250. The van der Waals surface area contributed by atoms with E-state index in [0.717, 1.165) is 12.1 Å². The van der Waals surface area contributed by atoms with Gasteiger partial charge in [0, 0.05) is 11.7 Å². The van der Waals surface area contributed by atoms with Gasteiger partial charge in [-0.2, -0.15) is 13.2 Å². The number of rotatable bonds is 4. The molecular weight excluding hydrogens is 307 g/mol. The highest BCUT2D eigenvalue weighted by Gasteiger charge is 2.29. The molecule has 0 fully saturated rings. The third-order valence-electron chi connectivity index (χ3n) is 2.92. The number of amides is 1. The number of pyridine rings is 1. The molecule has 1 heterocycles. The van der Waals surface area contributed by atoms with E-state index in [4.69, 9.17) is 0 Å². The zero-order chi connectivity index (χ0) is 17.0. The molecule has 0 atom stereocenters. The maximum Gasteiger partial charge on any atom is 0.416 e. The molecule has 2 rings (SSSR count). The second kappa shape index (κ2) is 6.68. The Kier molecular flexibility index (Phi) is 4.88. The van der Waals surface area contributed by atoms with Crippen LogP contribution in [-0.2, 0) is 6.18 Å². The van der Waals surface area contributed by atoms with Crippen LogP contribution in [0.2, 0.25) is 0 Å². The van der Waals surface area contributed by atoms with Crippen molar-refractivity contribution in [2.75, 3.05) is 5.32 Å². The van der Waals surface area contributed by atoms with Gasteiger partial charge in [0.1, 0.15) is 5.69 Å². The summed E-state index contributed by atoms with van der Waals surface area (Å²) < 4.78 is 37.5. The summed E-state index contributed by atoms with van der Waals surface area (Å²) in [5.74, 6) is -0.277. The minimum Gasteiger partial charge on any atom is -0.354 e. The van der Waals surface area contributed by atoms with Gasteiger partial charge in [-0.25, -0.2) is 4.98 Å². The van der Waals surface area contributed by atoms with E-state index in [1.807, 2.05) is 13.8 Å². The molecule has 0 aliphatic carbocycles. The molecule has 0 aliphatic rings. The Hall–Kier alpha value is -2.57. The average molecular weight is 323 g/mol. The van der Waals surface area contributed by atoms with Gasteiger partial charge in [-0.1, -0.05) is 0 Å². The smallest absolute Gasteiger partial charge is 0.354 e. The van der Waals surface area contributed by atoms with E-state index in [0.29, 0.717) is 11.4 Å². The summed E-state index contributed by atoms with van der Waals surface area (Å²) in [6.07, 6.45) is -2.90. The third kappa shape index (κ3) is 4.70. The summed E-state index contributed by atoms with van der Waals surface area (Å²) in [6.45, 7) is 3.69. The summed E-state index contributed by atoms with van der Waals surface area (Å²) in [6, 6.07) is 7.86. The third-order valence-corrected chi connectivity index (χ3v) is 2.92. The lowest BCUT2D eigenvalue weighted by Crippen LogP contribution is -2.30. The predicted octanol–water partition coefficient (Wildman–Crippen LogP) is 3.98. The van der Waals surface area contributed by atoms with Gasteiger partial charge < -0.3 is 10.6 Å². The van der Waals surface area contributed by atoms with E-state index in [-0.39, 0.29) is 17.6 Å². The van der Waals surface area contributed by atoms with Crippen LogP contribution in [0.25, 0.3) is 0 Å². The molecule has 1 aromatic heterocycles. The van der Waals surface area contributed by atoms with Gasteiger partial charge in [0.2, 0.25) is 0 Å². The van der Waals surface area contributed by atoms with Gasteiger partial charge in [-0.3, -0.25) is 4.79 Å². The van der Waals surface area contributed by atoms with E-state index in [1.165, 1.54) is 18.3 Å². The maximum atomic E-state index is 12.5. The number of halogens is 3. The SMILES string of the molecule is CC(C)NC(=O)c1ccc(Nc2ccc(C(F)(F)F)cc2)cn1. The summed E-state index contributed by atoms with van der Waals surface area (Å²) in [5.41, 5.74) is 0.642. The number of anilines is 2. The summed E-state index contributed by atoms with van der Waals surface area (Å²) in [7, 11) is 0. The number of nitrogens with zero attached hydrogens (tertiary/aromatic N) is 1. The van der Waals surface area contributed by atoms with Crippen molar-refractivity contribution in [3.8, 4) is 0 Å². The van der Waals surface area contributed by atoms with Gasteiger partial charge in [0.25, 0.3) is 5.91 Å². The first-order valence-electron chi connectivity index (χ1n) is 6.97. The molecule has 0 aliphatic heterocycles. The number of carbonyl (C=O) groups is 1. The number of aromatic nitrogens is 1. The Balaban J connectivity index is 2.05. The number of hydrogen-bond acceptors (Lipinski definition) is 3. The van der Waals surface area contributed by atoms with Crippen LogP contribution in [0.1, 0.15) is 29.9 Å². The molecule has 122 valence electrons. The topological polar surface area (TPSA) is 54.0 Å². The van der Waals surface area contributed by atoms with Crippen molar-refractivity contribution in [2.24, 2.45) is 0 Å². The van der Waals surface area contributed by atoms with Crippen LogP contribution in [-0.4, -0.2) is 16.9 Å². The molecule has 2 N–H and O–H groups in total. The number of benzene rings is 1. The van der Waals surface area contributed by atoms with E-state index in [2.05, 4.69) is 15.6 Å². The second-order valence-corrected chi connectivity index (χ2v) is 5.26. The molecule has 2 aromatic rings. The highest BCUT2D eigenvalue weighted by Crippen LogP contribution is 2.30. The number of carbonyl (C=O) groups excluding carboxylic acids is 1. The number of nitrogens with one attached hydrogen (secondary N) is 2. The van der Waals surface area contributed by atoms with Gasteiger partial charge in [0.05, 0.1) is 17.4 Å². The number of alkyl halides is 3. The van der Waals surface area contributed by atoms with Crippen LogP contribution in [0.15, 0.2) is 42.6 Å². The standard InChI is InChI=1S/C16H16F3N3O/c1-10(2)21-15(23)14-8-7-13(9-20-14)22-12-5-3-11(4-6-12)16(17,18)19/h3-10,22H,1-2H3,(H,21,23). The fourth-order valence-corrected chi connectivity index (χ4v) is 1.85. The minimum atomic E-state index is -4.36. The van der Waals surface area contributed by atoms with Gasteiger partial charge >= 0.3 is 6.18 Å². The molecule has 1 aromatic carbocycles. The molecule has 0 radical (unpaired) electrons. The van der Waals surface area contributed by atoms with Crippen LogP contribution < -0.4 is 10.6 Å². The van der Waals surface area contributed by atoms with Gasteiger partial charge in [-0.15, -0.1) is 0 Å². The summed E-state index contributed by atoms with van der Waals surface area (Å²) >= 11 is 0. The monoisotopic (exact) mass is 323 g/mol. The first-order chi connectivity index (χ1) is 10.8. The van der Waals surface area contributed by atoms with Gasteiger partial charge in [0.15, 0.2) is 0 Å². The van der Waals surface area contributed by atoms with E-state index < -0.39 is 11.7 Å². The molecule has 1 amide bonds. The Morgan fingerprint density at radius 3 is 2.13 bits per heavy atom. The molecule has 0 saturated carbocycles. The molecule has 0 saturated heterocycles. The Morgan fingerprint density at radius 1 is 1.04 bits per heavy atom. The Morgan fingerprint density at radius 2 is 1.65 bits per heavy atom. The Labute approximate surface area is 131 Å². The average Bonchev–Trinajstić information content (AvgIpc) is 2.47. The van der Waals surface area contributed by atoms with E-state index in [1.54, 1.807) is 12.1 Å². The van der Waals surface area contributed by atoms with Crippen LogP contribution in [0.3, 0.4) is 0 Å². The quantitative estimate of drug-likeness (QED) is 0.895. The van der Waals surface area contributed by atoms with Crippen LogP contribution in [0.5, 0.6) is 0 Å². The summed E-state index contributed by atoms with van der Waals surface area (Å²) in [4.78, 5) is 15.8. The first kappa shape index (κ1) is 16.8. The van der Waals surface area contributed by atoms with Crippen molar-refractivity contribution in [1.82, 2.24) is 10.3 Å². The van der Waals surface area contributed by atoms with E-state index >= 15 is 0 Å². The Bertz CT molecular complexity index is 664. The van der Waals surface area contributed by atoms with Crippen LogP contribution in [0, 0.1) is 0 Å². The van der Waals surface area contributed by atoms with Crippen LogP contribution >= 0.6 is 0 Å². The van der Waals surface area contributed by atoms with Crippen molar-refractivity contribution in [3.63, 3.8) is 0 Å². The molecule has 0 bridgehead atoms. The molecule has 0 unspecified atom stereocenters. The van der Waals surface area contributed by atoms with Crippen molar-refractivity contribution in [2.45, 2.75) is 26.1 Å². The van der Waals surface area contributed by atoms with Crippen molar-refractivity contribution < 1.29 is 18.0 Å². The molecule has 23 heavy (non-hydrogen) atoms. The van der Waals surface area contributed by atoms with Gasteiger partial charge in [-0.05, 0) is 50.2 Å². The van der Waals surface area contributed by atoms with Crippen molar-refractivity contribution in [3.05, 3.63) is 53.9 Å². The first-order valence-corrected chi connectivity index (χ1v) is 6.97. The highest BCUT2D eigenvalue weighted by atomic mass is 19.4. The lowest BCUT2D eigenvalue weighted by atomic mass is 10.2. The maximum absolute atomic E-state index is 12.5. The highest BCUT2D eigenvalue weighted by molar-refractivity contribution is 5.92. The summed E-state index contributed by atoms with van der Waals surface area (Å²) in [5, 5.41) is 5.65. The lowest BCUT2D eigenvalue weighted by molar-refractivity contribution is -0.137. The van der Waals surface area contributed by atoms with Crippen LogP contribution in [0.4, 0.5) is 24.5 Å². The predicted molar refractivity (Wildman–Crippen MR) is 81.6 cm³/mol. The minimum absolute atomic E-state index is 0.00856. The molecule has 0 spiro atoms. The van der Waals surface area contributed by atoms with E-state index in [9.17, 15) is 18.0 Å². The largest absolute Gasteiger partial charge is 0.416 e. The second-order valence-electron chi connectivity index (χ2n) is 5.26. The molecular formula is C16H16F3N3O. The zero-order valence-electron chi connectivity index (χ0n) is 12.6. The normalized spacial score (nSPS) is 11.4. The van der Waals surface area contributed by atoms with Crippen molar-refractivity contribution >= 4 is 17.3 Å². The molecule has 4 nitrogen and oxygen atoms in total. The zero-order valence-corrected chi connectivity index (χ0v) is 12.6.